The van der Waals surface area contributed by atoms with Crippen LogP contribution in [-0.4, -0.2) is 23.7 Å². The molecule has 0 unspecified atom stereocenters. The van der Waals surface area contributed by atoms with Crippen molar-refractivity contribution in [3.8, 4) is 0 Å². The third kappa shape index (κ3) is 10.7. The monoisotopic (exact) mass is 316 g/mol. The summed E-state index contributed by atoms with van der Waals surface area (Å²) in [5.74, 6) is -1.28. The summed E-state index contributed by atoms with van der Waals surface area (Å²) in [6.07, 6.45) is 5.44. The second kappa shape index (κ2) is 12.0. The summed E-state index contributed by atoms with van der Waals surface area (Å²) >= 11 is 0. The Morgan fingerprint density at radius 2 is 1.78 bits per heavy atom. The SMILES string of the molecule is C=C(C)C(=O)O.C=C(C=Cc1ccccc1)C(=O)OCCCC. The number of rotatable bonds is 7. The zero-order valence-corrected chi connectivity index (χ0v) is 13.7. The molecule has 0 saturated heterocycles. The van der Waals surface area contributed by atoms with Gasteiger partial charge in [0.25, 0.3) is 0 Å². The number of carbonyl (C=O) groups is 2. The number of benzene rings is 1. The normalized spacial score (nSPS) is 9.65. The van der Waals surface area contributed by atoms with Crippen molar-refractivity contribution >= 4 is 18.0 Å². The number of esters is 1. The summed E-state index contributed by atoms with van der Waals surface area (Å²) in [4.78, 5) is 21.1. The summed E-state index contributed by atoms with van der Waals surface area (Å²) < 4.78 is 5.04. The number of hydrogen-bond acceptors (Lipinski definition) is 3. The molecule has 1 aromatic carbocycles. The molecule has 0 bridgehead atoms. The van der Waals surface area contributed by atoms with Gasteiger partial charge in [-0.1, -0.05) is 62.9 Å². The molecule has 0 radical (unpaired) electrons. The van der Waals surface area contributed by atoms with Crippen LogP contribution < -0.4 is 0 Å². The lowest BCUT2D eigenvalue weighted by atomic mass is 10.2. The number of carboxylic acids is 1. The molecule has 1 rings (SSSR count). The van der Waals surface area contributed by atoms with Gasteiger partial charge in [-0.2, -0.15) is 0 Å². The molecule has 0 saturated carbocycles. The van der Waals surface area contributed by atoms with E-state index in [0.717, 1.165) is 18.4 Å². The van der Waals surface area contributed by atoms with E-state index < -0.39 is 5.97 Å². The van der Waals surface area contributed by atoms with Crippen molar-refractivity contribution in [2.45, 2.75) is 26.7 Å². The fourth-order valence-corrected chi connectivity index (χ4v) is 1.23. The molecule has 0 aromatic heterocycles. The maximum Gasteiger partial charge on any atom is 0.337 e. The van der Waals surface area contributed by atoms with E-state index in [1.165, 1.54) is 6.92 Å². The molecule has 0 aliphatic carbocycles. The Kier molecular flexibility index (Phi) is 10.6. The highest BCUT2D eigenvalue weighted by atomic mass is 16.5. The van der Waals surface area contributed by atoms with Crippen molar-refractivity contribution in [2.75, 3.05) is 6.61 Å². The fraction of sp³-hybridized carbons (Fsp3) is 0.263. The maximum atomic E-state index is 11.5. The Balaban J connectivity index is 0.000000688. The smallest absolute Gasteiger partial charge is 0.337 e. The van der Waals surface area contributed by atoms with Gasteiger partial charge in [-0.25, -0.2) is 9.59 Å². The van der Waals surface area contributed by atoms with E-state index in [1.807, 2.05) is 36.4 Å². The third-order valence-electron chi connectivity index (χ3n) is 2.63. The molecule has 0 amide bonds. The summed E-state index contributed by atoms with van der Waals surface area (Å²) in [5.41, 5.74) is 1.59. The first-order valence-electron chi connectivity index (χ1n) is 7.36. The highest BCUT2D eigenvalue weighted by Crippen LogP contribution is 2.05. The van der Waals surface area contributed by atoms with Gasteiger partial charge in [0.15, 0.2) is 0 Å². The van der Waals surface area contributed by atoms with Crippen molar-refractivity contribution < 1.29 is 19.4 Å². The summed E-state index contributed by atoms with van der Waals surface area (Å²) in [7, 11) is 0. The predicted molar refractivity (Wildman–Crippen MR) is 92.9 cm³/mol. The minimum atomic E-state index is -0.935. The van der Waals surface area contributed by atoms with Gasteiger partial charge in [0.05, 0.1) is 12.2 Å². The number of carboxylic acid groups (broad SMARTS) is 1. The van der Waals surface area contributed by atoms with Crippen LogP contribution in [-0.2, 0) is 14.3 Å². The van der Waals surface area contributed by atoms with Gasteiger partial charge < -0.3 is 9.84 Å². The topological polar surface area (TPSA) is 63.6 Å². The number of unbranched alkanes of at least 4 members (excludes halogenated alkanes) is 1. The van der Waals surface area contributed by atoms with E-state index in [2.05, 4.69) is 20.1 Å². The Morgan fingerprint density at radius 3 is 2.26 bits per heavy atom. The molecule has 1 N–H and O–H groups in total. The summed E-state index contributed by atoms with van der Waals surface area (Å²) in [6, 6.07) is 9.77. The van der Waals surface area contributed by atoms with Gasteiger partial charge in [0.1, 0.15) is 0 Å². The molecule has 0 heterocycles. The van der Waals surface area contributed by atoms with Crippen LogP contribution in [0.3, 0.4) is 0 Å². The van der Waals surface area contributed by atoms with Crippen LogP contribution in [0, 0.1) is 0 Å². The molecule has 0 atom stereocenters. The first kappa shape index (κ1) is 20.4. The second-order valence-corrected chi connectivity index (χ2v) is 4.84. The van der Waals surface area contributed by atoms with Crippen molar-refractivity contribution in [1.29, 1.82) is 0 Å². The first-order chi connectivity index (χ1) is 10.9. The average Bonchev–Trinajstić information content (AvgIpc) is 2.54. The average molecular weight is 316 g/mol. The largest absolute Gasteiger partial charge is 0.478 e. The second-order valence-electron chi connectivity index (χ2n) is 4.84. The Hall–Kier alpha value is -2.62. The van der Waals surface area contributed by atoms with Crippen LogP contribution >= 0.6 is 0 Å². The van der Waals surface area contributed by atoms with Crippen molar-refractivity contribution in [1.82, 2.24) is 0 Å². The zero-order chi connectivity index (χ0) is 17.7. The quantitative estimate of drug-likeness (QED) is 0.353. The molecule has 0 aliphatic heterocycles. The molecule has 23 heavy (non-hydrogen) atoms. The van der Waals surface area contributed by atoms with Crippen molar-refractivity contribution in [2.24, 2.45) is 0 Å². The number of aliphatic carboxylic acids is 1. The van der Waals surface area contributed by atoms with Crippen molar-refractivity contribution in [3.63, 3.8) is 0 Å². The van der Waals surface area contributed by atoms with Gasteiger partial charge >= 0.3 is 11.9 Å². The number of ether oxygens (including phenoxy) is 1. The highest BCUT2D eigenvalue weighted by molar-refractivity contribution is 5.92. The van der Waals surface area contributed by atoms with E-state index in [0.29, 0.717) is 12.2 Å². The van der Waals surface area contributed by atoms with Crippen LogP contribution in [0.2, 0.25) is 0 Å². The van der Waals surface area contributed by atoms with E-state index >= 15 is 0 Å². The maximum absolute atomic E-state index is 11.5. The molecule has 4 nitrogen and oxygen atoms in total. The highest BCUT2D eigenvalue weighted by Gasteiger charge is 2.04. The fourth-order valence-electron chi connectivity index (χ4n) is 1.23. The minimum absolute atomic E-state index is 0.176. The third-order valence-corrected chi connectivity index (χ3v) is 2.63. The van der Waals surface area contributed by atoms with E-state index in [-0.39, 0.29) is 11.5 Å². The van der Waals surface area contributed by atoms with Crippen molar-refractivity contribution in [3.05, 3.63) is 66.3 Å². The summed E-state index contributed by atoms with van der Waals surface area (Å²) in [5, 5.41) is 7.89. The molecule has 4 heteroatoms. The molecule has 0 aliphatic rings. The standard InChI is InChI=1S/C15H18O2.C4H6O2/c1-3-4-12-17-15(16)13(2)10-11-14-8-6-5-7-9-14;1-3(2)4(5)6/h5-11H,2-4,12H2,1H3;1H2,2H3,(H,5,6). The lowest BCUT2D eigenvalue weighted by Crippen LogP contribution is -2.06. The lowest BCUT2D eigenvalue weighted by Gasteiger charge is -2.02. The molecule has 1 aromatic rings. The molecule has 124 valence electrons. The van der Waals surface area contributed by atoms with E-state index in [4.69, 9.17) is 9.84 Å². The number of hydrogen-bond donors (Lipinski definition) is 1. The van der Waals surface area contributed by atoms with Crippen LogP contribution in [0.15, 0.2) is 60.7 Å². The van der Waals surface area contributed by atoms with Crippen LogP contribution in [0.4, 0.5) is 0 Å². The molecular formula is C19H24O4. The first-order valence-corrected chi connectivity index (χ1v) is 7.36. The van der Waals surface area contributed by atoms with Crippen LogP contribution in [0.1, 0.15) is 32.3 Å². The van der Waals surface area contributed by atoms with Gasteiger partial charge in [0.2, 0.25) is 0 Å². The number of carbonyl (C=O) groups excluding carboxylic acids is 1. The Bertz CT molecular complexity index is 544. The summed E-state index contributed by atoms with van der Waals surface area (Å²) in [6.45, 7) is 10.8. The van der Waals surface area contributed by atoms with Gasteiger partial charge in [0, 0.05) is 5.57 Å². The van der Waals surface area contributed by atoms with Crippen LogP contribution in [0.5, 0.6) is 0 Å². The molecule has 0 spiro atoms. The molecular weight excluding hydrogens is 292 g/mol. The Labute approximate surface area is 137 Å². The Morgan fingerprint density at radius 1 is 1.22 bits per heavy atom. The van der Waals surface area contributed by atoms with Gasteiger partial charge in [-0.05, 0) is 25.0 Å². The van der Waals surface area contributed by atoms with Crippen LogP contribution in [0.25, 0.3) is 6.08 Å². The van der Waals surface area contributed by atoms with Gasteiger partial charge in [-0.15, -0.1) is 0 Å². The van der Waals surface area contributed by atoms with Gasteiger partial charge in [-0.3, -0.25) is 0 Å². The lowest BCUT2D eigenvalue weighted by molar-refractivity contribution is -0.138. The minimum Gasteiger partial charge on any atom is -0.478 e. The molecule has 0 fully saturated rings. The zero-order valence-electron chi connectivity index (χ0n) is 13.7. The van der Waals surface area contributed by atoms with E-state index in [1.54, 1.807) is 6.08 Å². The van der Waals surface area contributed by atoms with E-state index in [9.17, 15) is 9.59 Å². The predicted octanol–water partition coefficient (Wildman–Crippen LogP) is 4.25.